The first kappa shape index (κ1) is 9.34. The molecule has 0 aromatic carbocycles. The van der Waals surface area contributed by atoms with Crippen molar-refractivity contribution in [2.75, 3.05) is 0 Å². The molecule has 2 rings (SSSR count). The second-order valence-corrected chi connectivity index (χ2v) is 1.94. The fourth-order valence-corrected chi connectivity index (χ4v) is 0.801. The molecule has 12 heavy (non-hydrogen) atoms. The molecule has 7 heteroatoms. The largest absolute Gasteiger partial charge is 0.401 e. The van der Waals surface area contributed by atoms with Gasteiger partial charge in [0.15, 0.2) is 0 Å². The number of fused-ring (bicyclic) bond motifs is 1. The molecular weight excluding hydrogens is 237 g/mol. The summed E-state index contributed by atoms with van der Waals surface area (Å²) in [7, 11) is 0. The normalized spacial score (nSPS) is 9.67. The summed E-state index contributed by atoms with van der Waals surface area (Å²) in [6, 6.07) is 0. The Morgan fingerprint density at radius 2 is 2.25 bits per heavy atom. The first-order valence-corrected chi connectivity index (χ1v) is 2.85. The molecule has 0 bridgehead atoms. The van der Waals surface area contributed by atoms with E-state index in [0.29, 0.717) is 0 Å². The van der Waals surface area contributed by atoms with Gasteiger partial charge < -0.3 is 9.50 Å². The van der Waals surface area contributed by atoms with Gasteiger partial charge in [0, 0.05) is 32.7 Å². The molecule has 0 aliphatic carbocycles. The van der Waals surface area contributed by atoms with Crippen molar-refractivity contribution in [2.24, 2.45) is 0 Å². The average Bonchev–Trinajstić information content (AvgIpc) is 2.34. The number of aromatic nitrogens is 4. The number of hydrogen-bond acceptors (Lipinski definition) is 3. The zero-order chi connectivity index (χ0) is 7.84. The van der Waals surface area contributed by atoms with Gasteiger partial charge in [0.25, 0.3) is 0 Å². The molecule has 6 nitrogen and oxygen atoms in total. The number of rotatable bonds is 0. The summed E-state index contributed by atoms with van der Waals surface area (Å²) in [6.07, 6.45) is 3.84. The summed E-state index contributed by atoms with van der Waals surface area (Å²) in [5.74, 6) is 0. The maximum Gasteiger partial charge on any atom is 0.337 e. The number of nitrogens with zero attached hydrogens (tertiary/aromatic N) is 2. The molecule has 0 amide bonds. The molecule has 2 N–H and O–H groups in total. The number of nitrogens with one attached hydrogen (secondary N) is 2. The molecule has 0 fully saturated rings. The van der Waals surface area contributed by atoms with Gasteiger partial charge in [0.1, 0.15) is 0 Å². The standard InChI is InChI=1S/C5H3N4O2.Y/c10-4-3-6-1-2-9(3)8-5(11)7-4;/h1H,(H2,7,8,10,11);/q-1;. The molecule has 2 heterocycles. The summed E-state index contributed by atoms with van der Waals surface area (Å²) >= 11 is 0. The van der Waals surface area contributed by atoms with Crippen molar-refractivity contribution in [3.8, 4) is 0 Å². The monoisotopic (exact) mass is 240 g/mol. The van der Waals surface area contributed by atoms with Crippen molar-refractivity contribution in [1.82, 2.24) is 19.6 Å². The van der Waals surface area contributed by atoms with Crippen LogP contribution in [0, 0.1) is 6.20 Å². The summed E-state index contributed by atoms with van der Waals surface area (Å²) in [6.45, 7) is 0. The molecular formula is C5H3N4O2Y-. The van der Waals surface area contributed by atoms with Crippen molar-refractivity contribution < 1.29 is 32.7 Å². The Morgan fingerprint density at radius 3 is 3.00 bits per heavy atom. The molecule has 2 aromatic rings. The second kappa shape index (κ2) is 3.32. The fraction of sp³-hybridized carbons (Fsp3) is 0. The summed E-state index contributed by atoms with van der Waals surface area (Å²) in [5.41, 5.74) is -0.962. The van der Waals surface area contributed by atoms with E-state index in [0.717, 1.165) is 4.52 Å². The zero-order valence-corrected chi connectivity index (χ0v) is 8.70. The van der Waals surface area contributed by atoms with Gasteiger partial charge in [-0.2, -0.15) is 0 Å². The van der Waals surface area contributed by atoms with Crippen LogP contribution in [-0.4, -0.2) is 19.6 Å². The molecule has 0 spiro atoms. The Hall–Kier alpha value is -0.746. The van der Waals surface area contributed by atoms with Gasteiger partial charge >= 0.3 is 5.69 Å². The van der Waals surface area contributed by atoms with Gasteiger partial charge in [-0.3, -0.25) is 14.9 Å². The molecule has 2 aromatic heterocycles. The topological polar surface area (TPSA) is 83.0 Å². The molecule has 0 saturated carbocycles. The molecule has 59 valence electrons. The number of imidazole rings is 1. The predicted molar refractivity (Wildman–Crippen MR) is 35.3 cm³/mol. The fourth-order valence-electron chi connectivity index (χ4n) is 0.801. The van der Waals surface area contributed by atoms with Gasteiger partial charge in [-0.1, -0.05) is 6.20 Å². The van der Waals surface area contributed by atoms with Crippen LogP contribution in [0.2, 0.25) is 0 Å². The Balaban J connectivity index is 0.000000720. The van der Waals surface area contributed by atoms with Gasteiger partial charge in [-0.25, -0.2) is 4.79 Å². The van der Waals surface area contributed by atoms with Gasteiger partial charge in [-0.15, -0.1) is 6.20 Å². The van der Waals surface area contributed by atoms with Gasteiger partial charge in [0.2, 0.25) is 5.56 Å². The van der Waals surface area contributed by atoms with Crippen LogP contribution in [0.5, 0.6) is 0 Å². The van der Waals surface area contributed by atoms with E-state index in [9.17, 15) is 9.59 Å². The molecule has 1 radical (unpaired) electrons. The first-order valence-electron chi connectivity index (χ1n) is 2.85. The number of hydrogen-bond donors (Lipinski definition) is 2. The quantitative estimate of drug-likeness (QED) is 0.550. The molecule has 0 aliphatic rings. The van der Waals surface area contributed by atoms with Crippen molar-refractivity contribution in [3.05, 3.63) is 33.2 Å². The third-order valence-electron chi connectivity index (χ3n) is 1.23. The van der Waals surface area contributed by atoms with Crippen LogP contribution in [0.3, 0.4) is 0 Å². The first-order chi connectivity index (χ1) is 5.27. The van der Waals surface area contributed by atoms with Crippen LogP contribution >= 0.6 is 0 Å². The third kappa shape index (κ3) is 1.40. The third-order valence-corrected chi connectivity index (χ3v) is 1.23. The predicted octanol–water partition coefficient (Wildman–Crippen LogP) is -1.49. The van der Waals surface area contributed by atoms with Crippen molar-refractivity contribution >= 4 is 5.65 Å². The molecule has 0 unspecified atom stereocenters. The summed E-state index contributed by atoms with van der Waals surface area (Å²) in [4.78, 5) is 27.2. The van der Waals surface area contributed by atoms with Crippen molar-refractivity contribution in [3.63, 3.8) is 0 Å². The van der Waals surface area contributed by atoms with Crippen LogP contribution in [0.15, 0.2) is 15.8 Å². The smallest absolute Gasteiger partial charge is 0.337 e. The van der Waals surface area contributed by atoms with Crippen LogP contribution in [0.4, 0.5) is 0 Å². The Labute approximate surface area is 90.9 Å². The minimum atomic E-state index is -0.572. The van der Waals surface area contributed by atoms with E-state index in [1.54, 1.807) is 0 Å². The van der Waals surface area contributed by atoms with Crippen LogP contribution in [-0.2, 0) is 32.7 Å². The summed E-state index contributed by atoms with van der Waals surface area (Å²) in [5, 5.41) is 2.30. The van der Waals surface area contributed by atoms with E-state index >= 15 is 0 Å². The van der Waals surface area contributed by atoms with Crippen LogP contribution in [0.25, 0.3) is 5.65 Å². The van der Waals surface area contributed by atoms with Crippen molar-refractivity contribution in [1.29, 1.82) is 0 Å². The minimum Gasteiger partial charge on any atom is -0.401 e. The van der Waals surface area contributed by atoms with Gasteiger partial charge in [-0.05, 0) is 0 Å². The second-order valence-electron chi connectivity index (χ2n) is 1.94. The Morgan fingerprint density at radius 1 is 1.50 bits per heavy atom. The molecule has 0 saturated heterocycles. The molecule has 0 atom stereocenters. The zero-order valence-electron chi connectivity index (χ0n) is 5.87. The molecule has 0 aliphatic heterocycles. The summed E-state index contributed by atoms with van der Waals surface area (Å²) < 4.78 is 1.14. The van der Waals surface area contributed by atoms with E-state index in [1.165, 1.54) is 6.20 Å². The maximum atomic E-state index is 10.9. The van der Waals surface area contributed by atoms with E-state index in [2.05, 4.69) is 16.3 Å². The van der Waals surface area contributed by atoms with E-state index in [4.69, 9.17) is 0 Å². The van der Waals surface area contributed by atoms with Gasteiger partial charge in [0.05, 0.1) is 5.65 Å². The Bertz CT molecular complexity index is 496. The van der Waals surface area contributed by atoms with E-state index in [1.807, 2.05) is 4.98 Å². The van der Waals surface area contributed by atoms with Crippen LogP contribution < -0.4 is 11.2 Å². The maximum absolute atomic E-state index is 10.9. The van der Waals surface area contributed by atoms with Crippen LogP contribution in [0.1, 0.15) is 0 Å². The number of H-pyrrole nitrogens is 2. The minimum absolute atomic E-state index is 0. The number of aromatic amines is 2. The SMILES string of the molecule is O=c1[nH]c(=O)c2nc[c-]n2[nH]1.[Y]. The van der Waals surface area contributed by atoms with E-state index < -0.39 is 11.2 Å². The Kier molecular flexibility index (Phi) is 2.59. The van der Waals surface area contributed by atoms with Crippen molar-refractivity contribution in [2.45, 2.75) is 0 Å². The average molecular weight is 240 g/mol. The van der Waals surface area contributed by atoms with E-state index in [-0.39, 0.29) is 38.4 Å².